The SMILES string of the molecule is CCOC(=O)C(C)(Oc1ccc(C#N)cc1)C(O)c1ccc(OC)c(OCc2ccccc2)c1. The van der Waals surface area contributed by atoms with Crippen LogP contribution in [-0.4, -0.2) is 30.4 Å². The Bertz CT molecular complexity index is 1140. The van der Waals surface area contributed by atoms with Gasteiger partial charge in [0.1, 0.15) is 18.5 Å². The minimum atomic E-state index is -1.77. The lowest BCUT2D eigenvalue weighted by Crippen LogP contribution is -2.48. The molecule has 176 valence electrons. The number of rotatable bonds is 10. The predicted molar refractivity (Wildman–Crippen MR) is 126 cm³/mol. The average molecular weight is 462 g/mol. The molecule has 0 amide bonds. The van der Waals surface area contributed by atoms with Crippen molar-refractivity contribution in [2.75, 3.05) is 13.7 Å². The number of nitrogens with zero attached hydrogens (tertiary/aromatic N) is 1. The number of hydrogen-bond acceptors (Lipinski definition) is 7. The smallest absolute Gasteiger partial charge is 0.353 e. The molecule has 3 rings (SSSR count). The van der Waals surface area contributed by atoms with Gasteiger partial charge in [-0.3, -0.25) is 0 Å². The standard InChI is InChI=1S/C27H27NO6/c1-4-32-26(30)27(2,34-22-13-10-19(17-28)11-14-22)25(29)21-12-15-23(31-3)24(16-21)33-18-20-8-6-5-7-9-20/h5-16,25,29H,4,18H2,1-3H3. The molecule has 0 heterocycles. The van der Waals surface area contributed by atoms with Gasteiger partial charge in [0, 0.05) is 0 Å². The molecular formula is C27H27NO6. The first-order chi connectivity index (χ1) is 16.4. The van der Waals surface area contributed by atoms with Gasteiger partial charge in [0.15, 0.2) is 11.5 Å². The number of esters is 1. The molecule has 0 saturated heterocycles. The second-order valence-corrected chi connectivity index (χ2v) is 7.65. The summed E-state index contributed by atoms with van der Waals surface area (Å²) in [5, 5.41) is 20.3. The number of ether oxygens (including phenoxy) is 4. The number of carbonyl (C=O) groups excluding carboxylic acids is 1. The van der Waals surface area contributed by atoms with E-state index in [2.05, 4.69) is 0 Å². The Hall–Kier alpha value is -4.02. The van der Waals surface area contributed by atoms with Gasteiger partial charge in [-0.2, -0.15) is 5.26 Å². The van der Waals surface area contributed by atoms with E-state index in [0.29, 0.717) is 35.0 Å². The average Bonchev–Trinajstić information content (AvgIpc) is 2.88. The minimum Gasteiger partial charge on any atom is -0.493 e. The monoisotopic (exact) mass is 461 g/mol. The fourth-order valence-electron chi connectivity index (χ4n) is 3.36. The van der Waals surface area contributed by atoms with Crippen LogP contribution < -0.4 is 14.2 Å². The first-order valence-electron chi connectivity index (χ1n) is 10.8. The Balaban J connectivity index is 1.91. The van der Waals surface area contributed by atoms with E-state index in [9.17, 15) is 9.90 Å². The van der Waals surface area contributed by atoms with Crippen molar-refractivity contribution < 1.29 is 28.8 Å². The Kier molecular flexibility index (Phi) is 8.12. The van der Waals surface area contributed by atoms with Crippen molar-refractivity contribution in [3.05, 3.63) is 89.5 Å². The molecule has 2 unspecified atom stereocenters. The second-order valence-electron chi connectivity index (χ2n) is 7.65. The molecule has 0 aromatic heterocycles. The number of carbonyl (C=O) groups is 1. The van der Waals surface area contributed by atoms with Crippen LogP contribution in [0.4, 0.5) is 0 Å². The Morgan fingerprint density at radius 1 is 1.06 bits per heavy atom. The summed E-state index contributed by atoms with van der Waals surface area (Å²) >= 11 is 0. The molecule has 0 aliphatic carbocycles. The van der Waals surface area contributed by atoms with Gasteiger partial charge in [-0.15, -0.1) is 0 Å². The van der Waals surface area contributed by atoms with Gasteiger partial charge in [-0.05, 0) is 61.4 Å². The van der Waals surface area contributed by atoms with Crippen molar-refractivity contribution in [1.82, 2.24) is 0 Å². The predicted octanol–water partition coefficient (Wildman–Crippen LogP) is 4.58. The van der Waals surface area contributed by atoms with Crippen molar-refractivity contribution in [2.45, 2.75) is 32.2 Å². The lowest BCUT2D eigenvalue weighted by atomic mass is 9.92. The maximum Gasteiger partial charge on any atom is 0.353 e. The molecular weight excluding hydrogens is 434 g/mol. The molecule has 34 heavy (non-hydrogen) atoms. The van der Waals surface area contributed by atoms with Crippen LogP contribution in [0.5, 0.6) is 17.2 Å². The molecule has 0 spiro atoms. The van der Waals surface area contributed by atoms with Crippen LogP contribution in [0, 0.1) is 11.3 Å². The van der Waals surface area contributed by atoms with Gasteiger partial charge in [0.25, 0.3) is 0 Å². The molecule has 7 nitrogen and oxygen atoms in total. The van der Waals surface area contributed by atoms with E-state index in [4.69, 9.17) is 24.2 Å². The van der Waals surface area contributed by atoms with Crippen molar-refractivity contribution >= 4 is 5.97 Å². The largest absolute Gasteiger partial charge is 0.493 e. The number of nitriles is 1. The first-order valence-corrected chi connectivity index (χ1v) is 10.8. The molecule has 2 atom stereocenters. The van der Waals surface area contributed by atoms with Crippen LogP contribution in [0.1, 0.15) is 36.6 Å². The number of aliphatic hydroxyl groups excluding tert-OH is 1. The van der Waals surface area contributed by atoms with Crippen LogP contribution >= 0.6 is 0 Å². The van der Waals surface area contributed by atoms with Crippen LogP contribution in [0.2, 0.25) is 0 Å². The van der Waals surface area contributed by atoms with Gasteiger partial charge < -0.3 is 24.1 Å². The van der Waals surface area contributed by atoms with Crippen molar-refractivity contribution in [2.24, 2.45) is 0 Å². The summed E-state index contributed by atoms with van der Waals surface area (Å²) in [5.41, 5.74) is 0.0281. The van der Waals surface area contributed by atoms with Crippen LogP contribution in [0.3, 0.4) is 0 Å². The zero-order valence-electron chi connectivity index (χ0n) is 19.4. The van der Waals surface area contributed by atoms with Crippen molar-refractivity contribution in [3.8, 4) is 23.3 Å². The summed E-state index contributed by atoms with van der Waals surface area (Å²) in [4.78, 5) is 12.9. The molecule has 0 radical (unpaired) electrons. The summed E-state index contributed by atoms with van der Waals surface area (Å²) in [7, 11) is 1.53. The quantitative estimate of drug-likeness (QED) is 0.441. The van der Waals surface area contributed by atoms with E-state index < -0.39 is 17.7 Å². The molecule has 0 fully saturated rings. The Labute approximate surface area is 199 Å². The molecule has 0 aliphatic rings. The molecule has 0 aliphatic heterocycles. The van der Waals surface area contributed by atoms with E-state index in [1.807, 2.05) is 36.4 Å². The first kappa shape index (κ1) is 24.6. The van der Waals surface area contributed by atoms with Gasteiger partial charge >= 0.3 is 5.97 Å². The van der Waals surface area contributed by atoms with E-state index in [-0.39, 0.29) is 6.61 Å². The summed E-state index contributed by atoms with van der Waals surface area (Å²) < 4.78 is 22.5. The normalized spacial score (nSPS) is 13.1. The van der Waals surface area contributed by atoms with E-state index in [0.717, 1.165) is 5.56 Å². The number of aliphatic hydroxyl groups is 1. The van der Waals surface area contributed by atoms with Crippen LogP contribution in [-0.2, 0) is 16.1 Å². The lowest BCUT2D eigenvalue weighted by molar-refractivity contribution is -0.171. The van der Waals surface area contributed by atoms with Gasteiger partial charge in [-0.1, -0.05) is 36.4 Å². The summed E-state index contributed by atoms with van der Waals surface area (Å²) in [6.07, 6.45) is -1.40. The molecule has 7 heteroatoms. The summed E-state index contributed by atoms with van der Waals surface area (Å²) in [6, 6.07) is 22.8. The van der Waals surface area contributed by atoms with Gasteiger partial charge in [-0.25, -0.2) is 4.79 Å². The van der Waals surface area contributed by atoms with E-state index >= 15 is 0 Å². The third kappa shape index (κ3) is 5.66. The minimum absolute atomic E-state index is 0.117. The summed E-state index contributed by atoms with van der Waals surface area (Å²) in [5.74, 6) is 0.474. The van der Waals surface area contributed by atoms with Gasteiger partial charge in [0.2, 0.25) is 5.60 Å². The van der Waals surface area contributed by atoms with E-state index in [1.54, 1.807) is 49.4 Å². The van der Waals surface area contributed by atoms with Crippen molar-refractivity contribution in [1.29, 1.82) is 5.26 Å². The Morgan fingerprint density at radius 2 is 1.76 bits per heavy atom. The third-order valence-electron chi connectivity index (χ3n) is 5.26. The molecule has 0 saturated carbocycles. The second kappa shape index (κ2) is 11.2. The van der Waals surface area contributed by atoms with Crippen LogP contribution in [0.25, 0.3) is 0 Å². The highest BCUT2D eigenvalue weighted by Gasteiger charge is 2.46. The highest BCUT2D eigenvalue weighted by Crippen LogP contribution is 2.37. The van der Waals surface area contributed by atoms with Gasteiger partial charge in [0.05, 0.1) is 25.3 Å². The highest BCUT2D eigenvalue weighted by atomic mass is 16.6. The Morgan fingerprint density at radius 3 is 2.38 bits per heavy atom. The highest BCUT2D eigenvalue weighted by molar-refractivity contribution is 5.81. The third-order valence-corrected chi connectivity index (χ3v) is 5.26. The molecule has 3 aromatic carbocycles. The molecule has 3 aromatic rings. The topological polar surface area (TPSA) is 98.0 Å². The van der Waals surface area contributed by atoms with Crippen molar-refractivity contribution in [3.63, 3.8) is 0 Å². The van der Waals surface area contributed by atoms with E-state index in [1.165, 1.54) is 14.0 Å². The van der Waals surface area contributed by atoms with Crippen LogP contribution in [0.15, 0.2) is 72.8 Å². The number of benzene rings is 3. The fraction of sp³-hybridized carbons (Fsp3) is 0.259. The number of methoxy groups -OCH3 is 1. The number of hydrogen-bond donors (Lipinski definition) is 1. The maximum absolute atomic E-state index is 12.9. The summed E-state index contributed by atoms with van der Waals surface area (Å²) in [6.45, 7) is 3.55. The molecule has 1 N–H and O–H groups in total. The maximum atomic E-state index is 12.9. The fourth-order valence-corrected chi connectivity index (χ4v) is 3.36. The zero-order valence-corrected chi connectivity index (χ0v) is 19.4. The zero-order chi connectivity index (χ0) is 24.6. The molecule has 0 bridgehead atoms. The lowest BCUT2D eigenvalue weighted by Gasteiger charge is -2.33.